The van der Waals surface area contributed by atoms with Gasteiger partial charge < -0.3 is 15.1 Å². The van der Waals surface area contributed by atoms with Crippen molar-refractivity contribution in [1.29, 1.82) is 0 Å². The highest BCUT2D eigenvalue weighted by Crippen LogP contribution is 2.22. The lowest BCUT2D eigenvalue weighted by molar-refractivity contribution is -0.134. The second-order valence-electron chi connectivity index (χ2n) is 6.35. The molecule has 1 fully saturated rings. The largest absolute Gasteiger partial charge is 0.372 e. The Morgan fingerprint density at radius 3 is 2.17 bits per heavy atom. The van der Waals surface area contributed by atoms with E-state index in [1.165, 1.54) is 18.5 Å². The monoisotopic (exact) mass is 331 g/mol. The van der Waals surface area contributed by atoms with Crippen molar-refractivity contribution >= 4 is 23.2 Å². The van der Waals surface area contributed by atoms with Crippen LogP contribution in [0.1, 0.15) is 46.0 Å². The van der Waals surface area contributed by atoms with Crippen LogP contribution in [-0.2, 0) is 9.59 Å². The quantitative estimate of drug-likeness (QED) is 0.744. The van der Waals surface area contributed by atoms with Crippen LogP contribution in [0.2, 0.25) is 0 Å². The lowest BCUT2D eigenvalue weighted by Gasteiger charge is -2.21. The van der Waals surface area contributed by atoms with Crippen molar-refractivity contribution in [2.45, 2.75) is 46.0 Å². The minimum Gasteiger partial charge on any atom is -0.372 e. The van der Waals surface area contributed by atoms with Crippen molar-refractivity contribution in [2.75, 3.05) is 36.4 Å². The Balaban J connectivity index is 1.85. The zero-order valence-electron chi connectivity index (χ0n) is 14.9. The van der Waals surface area contributed by atoms with Crippen molar-refractivity contribution in [3.8, 4) is 0 Å². The van der Waals surface area contributed by atoms with Crippen LogP contribution in [-0.4, -0.2) is 42.9 Å². The second-order valence-corrected chi connectivity index (χ2v) is 6.35. The number of hydrogen-bond acceptors (Lipinski definition) is 3. The van der Waals surface area contributed by atoms with E-state index in [1.54, 1.807) is 4.90 Å². The first-order valence-corrected chi connectivity index (χ1v) is 9.06. The molecular formula is C19H29N3O2. The molecule has 1 heterocycles. The molecule has 132 valence electrons. The van der Waals surface area contributed by atoms with E-state index in [4.69, 9.17) is 0 Å². The molecule has 0 atom stereocenters. The maximum Gasteiger partial charge on any atom is 0.233 e. The fourth-order valence-electron chi connectivity index (χ4n) is 3.09. The van der Waals surface area contributed by atoms with Crippen LogP contribution in [0.5, 0.6) is 0 Å². The van der Waals surface area contributed by atoms with Gasteiger partial charge >= 0.3 is 0 Å². The van der Waals surface area contributed by atoms with E-state index in [0.29, 0.717) is 13.1 Å². The molecule has 0 aromatic heterocycles. The molecule has 1 aromatic carbocycles. The van der Waals surface area contributed by atoms with Crippen molar-refractivity contribution < 1.29 is 9.59 Å². The van der Waals surface area contributed by atoms with Gasteiger partial charge in [-0.05, 0) is 49.9 Å². The molecule has 5 heteroatoms. The van der Waals surface area contributed by atoms with Gasteiger partial charge in [-0.15, -0.1) is 0 Å². The van der Waals surface area contributed by atoms with Gasteiger partial charge in [0.2, 0.25) is 11.8 Å². The Bertz CT molecular complexity index is 530. The van der Waals surface area contributed by atoms with Gasteiger partial charge in [0.05, 0.1) is 0 Å². The highest BCUT2D eigenvalue weighted by Gasteiger charge is 2.16. The summed E-state index contributed by atoms with van der Waals surface area (Å²) >= 11 is 0. The summed E-state index contributed by atoms with van der Waals surface area (Å²) in [7, 11) is 0. The lowest BCUT2D eigenvalue weighted by Crippen LogP contribution is -2.35. The summed E-state index contributed by atoms with van der Waals surface area (Å²) in [6.07, 6.45) is 4.21. The number of benzene rings is 1. The van der Waals surface area contributed by atoms with Crippen LogP contribution in [0.4, 0.5) is 11.4 Å². The van der Waals surface area contributed by atoms with E-state index in [1.807, 2.05) is 38.1 Å². The predicted molar refractivity (Wildman–Crippen MR) is 98.3 cm³/mol. The molecule has 0 aliphatic carbocycles. The maximum absolute atomic E-state index is 12.2. The van der Waals surface area contributed by atoms with E-state index in [9.17, 15) is 9.59 Å². The molecule has 1 saturated heterocycles. The second kappa shape index (κ2) is 9.30. The number of nitrogens with one attached hydrogen (secondary N) is 1. The molecule has 24 heavy (non-hydrogen) atoms. The van der Waals surface area contributed by atoms with Gasteiger partial charge in [0, 0.05) is 37.6 Å². The Morgan fingerprint density at radius 1 is 1.04 bits per heavy atom. The summed E-state index contributed by atoms with van der Waals surface area (Å²) in [5, 5.41) is 2.82. The number of anilines is 2. The first-order chi connectivity index (χ1) is 11.6. The van der Waals surface area contributed by atoms with E-state index in [-0.39, 0.29) is 18.2 Å². The minimum atomic E-state index is -0.244. The summed E-state index contributed by atoms with van der Waals surface area (Å²) in [6.45, 7) is 7.71. The van der Waals surface area contributed by atoms with Gasteiger partial charge in [-0.25, -0.2) is 0 Å². The summed E-state index contributed by atoms with van der Waals surface area (Å²) in [4.78, 5) is 28.4. The van der Waals surface area contributed by atoms with Crippen LogP contribution in [0.3, 0.4) is 0 Å². The third-order valence-electron chi connectivity index (χ3n) is 4.27. The lowest BCUT2D eigenvalue weighted by atomic mass is 10.2. The van der Waals surface area contributed by atoms with Crippen molar-refractivity contribution in [2.24, 2.45) is 0 Å². The third-order valence-corrected chi connectivity index (χ3v) is 4.27. The molecule has 0 saturated carbocycles. The molecule has 0 unspecified atom stereocenters. The fourth-order valence-corrected chi connectivity index (χ4v) is 3.09. The zero-order chi connectivity index (χ0) is 17.4. The molecule has 0 radical (unpaired) electrons. The van der Waals surface area contributed by atoms with Crippen LogP contribution in [0, 0.1) is 0 Å². The Morgan fingerprint density at radius 2 is 1.62 bits per heavy atom. The first-order valence-electron chi connectivity index (χ1n) is 9.06. The van der Waals surface area contributed by atoms with Crippen LogP contribution < -0.4 is 10.2 Å². The van der Waals surface area contributed by atoms with E-state index in [2.05, 4.69) is 10.2 Å². The normalized spacial score (nSPS) is 13.8. The molecule has 0 bridgehead atoms. The molecule has 1 aromatic rings. The molecule has 1 aliphatic rings. The summed E-state index contributed by atoms with van der Waals surface area (Å²) in [6, 6.07) is 7.88. The maximum atomic E-state index is 12.2. The van der Waals surface area contributed by atoms with E-state index < -0.39 is 0 Å². The number of amides is 2. The molecule has 2 amide bonds. The van der Waals surface area contributed by atoms with Crippen LogP contribution in [0.15, 0.2) is 24.3 Å². The molecule has 5 nitrogen and oxygen atoms in total. The Kier molecular flexibility index (Phi) is 7.09. The third kappa shape index (κ3) is 5.25. The SMILES string of the molecule is CCCN(CCC)C(=O)CC(=O)Nc1ccc(N2CCCC2)cc1. The number of rotatable bonds is 8. The molecule has 1 N–H and O–H groups in total. The predicted octanol–water partition coefficient (Wildman–Crippen LogP) is 3.26. The summed E-state index contributed by atoms with van der Waals surface area (Å²) < 4.78 is 0. The number of nitrogens with zero attached hydrogens (tertiary/aromatic N) is 2. The number of carbonyl (C=O) groups is 2. The average Bonchev–Trinajstić information content (AvgIpc) is 3.09. The van der Waals surface area contributed by atoms with E-state index in [0.717, 1.165) is 31.6 Å². The minimum absolute atomic E-state index is 0.0894. The van der Waals surface area contributed by atoms with Crippen LogP contribution >= 0.6 is 0 Å². The van der Waals surface area contributed by atoms with Gasteiger partial charge in [0.25, 0.3) is 0 Å². The van der Waals surface area contributed by atoms with E-state index >= 15 is 0 Å². The molecule has 0 spiro atoms. The van der Waals surface area contributed by atoms with Crippen molar-refractivity contribution in [3.63, 3.8) is 0 Å². The number of hydrogen-bond donors (Lipinski definition) is 1. The molecular weight excluding hydrogens is 302 g/mol. The Labute approximate surface area is 145 Å². The van der Waals surface area contributed by atoms with Crippen LogP contribution in [0.25, 0.3) is 0 Å². The Hall–Kier alpha value is -2.04. The molecule has 2 rings (SSSR count). The number of carbonyl (C=O) groups excluding carboxylic acids is 2. The van der Waals surface area contributed by atoms with Gasteiger partial charge in [-0.2, -0.15) is 0 Å². The highest BCUT2D eigenvalue weighted by molar-refractivity contribution is 6.03. The summed E-state index contributed by atoms with van der Waals surface area (Å²) in [5.74, 6) is -0.337. The van der Waals surface area contributed by atoms with Gasteiger partial charge in [0.15, 0.2) is 0 Å². The zero-order valence-corrected chi connectivity index (χ0v) is 14.9. The van der Waals surface area contributed by atoms with Crippen molar-refractivity contribution in [3.05, 3.63) is 24.3 Å². The fraction of sp³-hybridized carbons (Fsp3) is 0.579. The van der Waals surface area contributed by atoms with Gasteiger partial charge in [-0.1, -0.05) is 13.8 Å². The van der Waals surface area contributed by atoms with Crippen molar-refractivity contribution in [1.82, 2.24) is 4.90 Å². The topological polar surface area (TPSA) is 52.7 Å². The standard InChI is InChI=1S/C19H29N3O2/c1-3-11-22(12-4-2)19(24)15-18(23)20-16-7-9-17(10-8-16)21-13-5-6-14-21/h7-10H,3-6,11-15H2,1-2H3,(H,20,23). The highest BCUT2D eigenvalue weighted by atomic mass is 16.2. The average molecular weight is 331 g/mol. The summed E-state index contributed by atoms with van der Waals surface area (Å²) in [5.41, 5.74) is 1.94. The van der Waals surface area contributed by atoms with Gasteiger partial charge in [0.1, 0.15) is 6.42 Å². The first kappa shape index (κ1) is 18.3. The molecule has 1 aliphatic heterocycles. The smallest absolute Gasteiger partial charge is 0.233 e. The van der Waals surface area contributed by atoms with Gasteiger partial charge in [-0.3, -0.25) is 9.59 Å².